The maximum atomic E-state index is 3.51. The molecule has 1 heterocycles. The molecule has 1 aliphatic rings. The van der Waals surface area contributed by atoms with Crippen molar-refractivity contribution < 1.29 is 0 Å². The molecule has 19 heavy (non-hydrogen) atoms. The number of hydrogen-bond donors (Lipinski definition) is 1. The zero-order valence-corrected chi connectivity index (χ0v) is 14.1. The van der Waals surface area contributed by atoms with Gasteiger partial charge in [0.05, 0.1) is 0 Å². The molecule has 1 fully saturated rings. The zero-order valence-electron chi connectivity index (χ0n) is 14.1. The highest BCUT2D eigenvalue weighted by Gasteiger charge is 2.29. The predicted molar refractivity (Wildman–Crippen MR) is 85.6 cm³/mol. The number of rotatable bonds is 6. The Labute approximate surface area is 121 Å². The van der Waals surface area contributed by atoms with Crippen molar-refractivity contribution in [1.29, 1.82) is 0 Å². The van der Waals surface area contributed by atoms with Gasteiger partial charge in [0, 0.05) is 12.1 Å². The van der Waals surface area contributed by atoms with Crippen LogP contribution in [0.5, 0.6) is 0 Å². The normalized spacial score (nSPS) is 21.0. The molecule has 114 valence electrons. The number of nitrogens with one attached hydrogen (secondary N) is 1. The molecule has 1 atom stereocenters. The van der Waals surface area contributed by atoms with Crippen molar-refractivity contribution in [3.63, 3.8) is 0 Å². The molecule has 0 spiro atoms. The summed E-state index contributed by atoms with van der Waals surface area (Å²) in [7, 11) is 0. The van der Waals surface area contributed by atoms with Crippen LogP contribution in [0.15, 0.2) is 0 Å². The Balaban J connectivity index is 2.20. The molecule has 0 aliphatic carbocycles. The van der Waals surface area contributed by atoms with Gasteiger partial charge in [-0.2, -0.15) is 0 Å². The molecule has 0 aromatic carbocycles. The maximum absolute atomic E-state index is 3.51. The maximum Gasteiger partial charge on any atom is 0.00674 e. The fourth-order valence-electron chi connectivity index (χ4n) is 3.18. The van der Waals surface area contributed by atoms with Crippen LogP contribution in [-0.4, -0.2) is 36.6 Å². The van der Waals surface area contributed by atoms with Crippen molar-refractivity contribution in [1.82, 2.24) is 10.2 Å². The molecule has 0 radical (unpaired) electrons. The minimum Gasteiger partial charge on any atom is -0.315 e. The van der Waals surface area contributed by atoms with Crippen molar-refractivity contribution in [2.75, 3.05) is 19.6 Å². The first-order chi connectivity index (χ1) is 8.80. The first-order valence-corrected chi connectivity index (χ1v) is 8.28. The summed E-state index contributed by atoms with van der Waals surface area (Å²) in [5.41, 5.74) is 0.497. The molecule has 0 aromatic rings. The fourth-order valence-corrected chi connectivity index (χ4v) is 3.18. The lowest BCUT2D eigenvalue weighted by Crippen LogP contribution is -2.42. The van der Waals surface area contributed by atoms with E-state index in [-0.39, 0.29) is 0 Å². The van der Waals surface area contributed by atoms with Crippen molar-refractivity contribution in [3.05, 3.63) is 0 Å². The van der Waals surface area contributed by atoms with E-state index >= 15 is 0 Å². The van der Waals surface area contributed by atoms with E-state index in [9.17, 15) is 0 Å². The van der Waals surface area contributed by atoms with Gasteiger partial charge in [-0.15, -0.1) is 0 Å². The third kappa shape index (κ3) is 6.27. The summed E-state index contributed by atoms with van der Waals surface area (Å²) in [6.07, 6.45) is 5.41. The molecule has 0 saturated carbocycles. The second-order valence-electron chi connectivity index (χ2n) is 7.78. The lowest BCUT2D eigenvalue weighted by atomic mass is 9.75. The Morgan fingerprint density at radius 1 is 1.11 bits per heavy atom. The van der Waals surface area contributed by atoms with Gasteiger partial charge in [0.1, 0.15) is 0 Å². The SMILES string of the molecule is CC(C)NCCCC(C)N1CCC(C(C)(C)C)CC1. The molecule has 0 aromatic heterocycles. The van der Waals surface area contributed by atoms with Gasteiger partial charge < -0.3 is 10.2 Å². The van der Waals surface area contributed by atoms with E-state index in [1.165, 1.54) is 45.3 Å². The number of likely N-dealkylation sites (tertiary alicyclic amines) is 1. The van der Waals surface area contributed by atoms with Gasteiger partial charge in [-0.05, 0) is 63.6 Å². The van der Waals surface area contributed by atoms with Crippen LogP contribution in [0.2, 0.25) is 0 Å². The van der Waals surface area contributed by atoms with Crippen molar-refractivity contribution in [3.8, 4) is 0 Å². The fraction of sp³-hybridized carbons (Fsp3) is 1.00. The average Bonchev–Trinajstić information content (AvgIpc) is 2.33. The summed E-state index contributed by atoms with van der Waals surface area (Å²) in [5, 5.41) is 3.51. The Kier molecular flexibility index (Phi) is 6.82. The Morgan fingerprint density at radius 3 is 2.16 bits per heavy atom. The van der Waals surface area contributed by atoms with Crippen LogP contribution < -0.4 is 5.32 Å². The predicted octanol–water partition coefficient (Wildman–Crippen LogP) is 3.91. The molecule has 0 amide bonds. The van der Waals surface area contributed by atoms with E-state index in [1.54, 1.807) is 0 Å². The smallest absolute Gasteiger partial charge is 0.00674 e. The average molecular weight is 268 g/mol. The topological polar surface area (TPSA) is 15.3 Å². The van der Waals surface area contributed by atoms with E-state index in [4.69, 9.17) is 0 Å². The zero-order chi connectivity index (χ0) is 14.5. The van der Waals surface area contributed by atoms with Crippen LogP contribution in [0.1, 0.15) is 67.2 Å². The monoisotopic (exact) mass is 268 g/mol. The van der Waals surface area contributed by atoms with Gasteiger partial charge in [0.2, 0.25) is 0 Å². The van der Waals surface area contributed by atoms with Crippen molar-refractivity contribution in [2.24, 2.45) is 11.3 Å². The van der Waals surface area contributed by atoms with Gasteiger partial charge in [-0.3, -0.25) is 0 Å². The molecule has 1 rings (SSSR count). The highest BCUT2D eigenvalue weighted by atomic mass is 15.2. The van der Waals surface area contributed by atoms with Crippen LogP contribution in [0.25, 0.3) is 0 Å². The highest BCUT2D eigenvalue weighted by molar-refractivity contribution is 4.82. The molecule has 1 aliphatic heterocycles. The van der Waals surface area contributed by atoms with Crippen LogP contribution in [0.4, 0.5) is 0 Å². The molecular formula is C17H36N2. The van der Waals surface area contributed by atoms with E-state index in [0.29, 0.717) is 11.5 Å². The van der Waals surface area contributed by atoms with Crippen LogP contribution >= 0.6 is 0 Å². The van der Waals surface area contributed by atoms with Gasteiger partial charge in [-0.25, -0.2) is 0 Å². The summed E-state index contributed by atoms with van der Waals surface area (Å²) in [6.45, 7) is 17.8. The molecule has 2 nitrogen and oxygen atoms in total. The lowest BCUT2D eigenvalue weighted by molar-refractivity contribution is 0.0843. The standard InChI is InChI=1S/C17H36N2/c1-14(2)18-11-7-8-15(3)19-12-9-16(10-13-19)17(4,5)6/h14-16,18H,7-13H2,1-6H3. The second-order valence-corrected chi connectivity index (χ2v) is 7.78. The summed E-state index contributed by atoms with van der Waals surface area (Å²) in [4.78, 5) is 2.71. The number of nitrogens with zero attached hydrogens (tertiary/aromatic N) is 1. The molecule has 1 unspecified atom stereocenters. The summed E-state index contributed by atoms with van der Waals surface area (Å²) >= 11 is 0. The Bertz CT molecular complexity index is 234. The Morgan fingerprint density at radius 2 is 1.68 bits per heavy atom. The first-order valence-electron chi connectivity index (χ1n) is 8.28. The van der Waals surface area contributed by atoms with Gasteiger partial charge in [0.15, 0.2) is 0 Å². The molecule has 1 saturated heterocycles. The third-order valence-electron chi connectivity index (χ3n) is 4.73. The van der Waals surface area contributed by atoms with Crippen LogP contribution in [-0.2, 0) is 0 Å². The van der Waals surface area contributed by atoms with Crippen molar-refractivity contribution >= 4 is 0 Å². The number of hydrogen-bond acceptors (Lipinski definition) is 2. The molecular weight excluding hydrogens is 232 g/mol. The quantitative estimate of drug-likeness (QED) is 0.735. The lowest BCUT2D eigenvalue weighted by Gasteiger charge is -2.41. The molecule has 2 heteroatoms. The number of piperidine rings is 1. The Hall–Kier alpha value is -0.0800. The van der Waals surface area contributed by atoms with Crippen molar-refractivity contribution in [2.45, 2.75) is 79.3 Å². The molecule has 0 bridgehead atoms. The largest absolute Gasteiger partial charge is 0.315 e. The van der Waals surface area contributed by atoms with Gasteiger partial charge >= 0.3 is 0 Å². The van der Waals surface area contributed by atoms with Crippen LogP contribution in [0.3, 0.4) is 0 Å². The summed E-state index contributed by atoms with van der Waals surface area (Å²) in [6, 6.07) is 1.38. The van der Waals surface area contributed by atoms with E-state index < -0.39 is 0 Å². The van der Waals surface area contributed by atoms with E-state index in [1.807, 2.05) is 0 Å². The minimum atomic E-state index is 0.497. The molecule has 1 N–H and O–H groups in total. The third-order valence-corrected chi connectivity index (χ3v) is 4.73. The van der Waals surface area contributed by atoms with E-state index in [0.717, 1.165) is 12.0 Å². The highest BCUT2D eigenvalue weighted by Crippen LogP contribution is 2.34. The minimum absolute atomic E-state index is 0.497. The second kappa shape index (κ2) is 7.64. The first kappa shape index (κ1) is 17.0. The summed E-state index contributed by atoms with van der Waals surface area (Å²) < 4.78 is 0. The summed E-state index contributed by atoms with van der Waals surface area (Å²) in [5.74, 6) is 0.915. The van der Waals surface area contributed by atoms with Gasteiger partial charge in [-0.1, -0.05) is 34.6 Å². The van der Waals surface area contributed by atoms with Crippen LogP contribution in [0, 0.1) is 11.3 Å². The van der Waals surface area contributed by atoms with Gasteiger partial charge in [0.25, 0.3) is 0 Å². The van der Waals surface area contributed by atoms with E-state index in [2.05, 4.69) is 51.8 Å².